The van der Waals surface area contributed by atoms with Crippen molar-refractivity contribution in [3.8, 4) is 0 Å². The van der Waals surface area contributed by atoms with Crippen molar-refractivity contribution in [3.63, 3.8) is 0 Å². The van der Waals surface area contributed by atoms with Crippen LogP contribution in [0.25, 0.3) is 10.9 Å². The number of ether oxygens (including phenoxy) is 1. The van der Waals surface area contributed by atoms with Gasteiger partial charge in [0.2, 0.25) is 5.91 Å². The maximum Gasteiger partial charge on any atom is 0.409 e. The van der Waals surface area contributed by atoms with Crippen LogP contribution in [0.15, 0.2) is 53.6 Å². The van der Waals surface area contributed by atoms with Crippen LogP contribution in [0, 0.1) is 13.8 Å². The van der Waals surface area contributed by atoms with Crippen molar-refractivity contribution >= 4 is 40.6 Å². The highest BCUT2D eigenvalue weighted by Gasteiger charge is 2.25. The van der Waals surface area contributed by atoms with Crippen LogP contribution in [0.1, 0.15) is 28.4 Å². The SMILES string of the molecule is CCOC(=O)N1CCN(C(=O)CSc2cn(CCNC(=O)c3ccc(C)c(C)c3)c3ccccc23)CC1. The van der Waals surface area contributed by atoms with Crippen LogP contribution in [0.5, 0.6) is 0 Å². The summed E-state index contributed by atoms with van der Waals surface area (Å²) in [6, 6.07) is 13.8. The van der Waals surface area contributed by atoms with Gasteiger partial charge >= 0.3 is 6.09 Å². The van der Waals surface area contributed by atoms with E-state index in [4.69, 9.17) is 4.74 Å². The molecule has 1 aliphatic heterocycles. The first-order valence-electron chi connectivity index (χ1n) is 12.6. The number of aromatic nitrogens is 1. The highest BCUT2D eigenvalue weighted by molar-refractivity contribution is 8.00. The Morgan fingerprint density at radius 3 is 2.43 bits per heavy atom. The number of aryl methyl sites for hydroxylation is 2. The van der Waals surface area contributed by atoms with Crippen LogP contribution in [-0.2, 0) is 16.1 Å². The van der Waals surface area contributed by atoms with Gasteiger partial charge in [-0.3, -0.25) is 9.59 Å². The lowest BCUT2D eigenvalue weighted by Crippen LogP contribution is -2.51. The molecule has 2 aromatic carbocycles. The number of carbonyl (C=O) groups excluding carboxylic acids is 3. The number of carbonyl (C=O) groups is 3. The normalized spacial score (nSPS) is 13.6. The van der Waals surface area contributed by atoms with Gasteiger partial charge in [-0.1, -0.05) is 24.3 Å². The molecule has 0 aliphatic carbocycles. The number of fused-ring (bicyclic) bond motifs is 1. The van der Waals surface area contributed by atoms with Crippen LogP contribution in [-0.4, -0.2) is 77.4 Å². The molecule has 0 atom stereocenters. The summed E-state index contributed by atoms with van der Waals surface area (Å²) in [4.78, 5) is 41.8. The minimum absolute atomic E-state index is 0.0611. The Morgan fingerprint density at radius 1 is 0.973 bits per heavy atom. The summed E-state index contributed by atoms with van der Waals surface area (Å²) in [5, 5.41) is 4.11. The molecule has 1 fully saturated rings. The molecule has 0 radical (unpaired) electrons. The summed E-state index contributed by atoms with van der Waals surface area (Å²) >= 11 is 1.52. The molecule has 1 aromatic heterocycles. The second-order valence-electron chi connectivity index (χ2n) is 9.11. The highest BCUT2D eigenvalue weighted by atomic mass is 32.2. The molecule has 3 amide bonds. The van der Waals surface area contributed by atoms with E-state index in [0.29, 0.717) is 57.2 Å². The smallest absolute Gasteiger partial charge is 0.409 e. The molecule has 37 heavy (non-hydrogen) atoms. The van der Waals surface area contributed by atoms with Crippen LogP contribution in [0.2, 0.25) is 0 Å². The fourth-order valence-electron chi connectivity index (χ4n) is 4.37. The number of benzene rings is 2. The number of piperazine rings is 1. The third kappa shape index (κ3) is 6.46. The van der Waals surface area contributed by atoms with Gasteiger partial charge in [0, 0.05) is 66.8 Å². The van der Waals surface area contributed by atoms with E-state index in [9.17, 15) is 14.4 Å². The van der Waals surface area contributed by atoms with E-state index in [1.54, 1.807) is 11.8 Å². The zero-order valence-corrected chi connectivity index (χ0v) is 22.5. The van der Waals surface area contributed by atoms with Gasteiger partial charge in [-0.05, 0) is 50.1 Å². The van der Waals surface area contributed by atoms with Gasteiger partial charge in [-0.25, -0.2) is 4.79 Å². The van der Waals surface area contributed by atoms with Gasteiger partial charge in [0.15, 0.2) is 0 Å². The minimum atomic E-state index is -0.318. The molecule has 9 heteroatoms. The van der Waals surface area contributed by atoms with Gasteiger partial charge in [0.1, 0.15) is 0 Å². The molecular formula is C28H34N4O4S. The first-order valence-corrected chi connectivity index (χ1v) is 13.6. The van der Waals surface area contributed by atoms with E-state index in [1.807, 2.05) is 49.1 Å². The molecule has 1 saturated heterocycles. The van der Waals surface area contributed by atoms with Crippen LogP contribution >= 0.6 is 11.8 Å². The molecule has 0 bridgehead atoms. The monoisotopic (exact) mass is 522 g/mol. The number of hydrogen-bond donors (Lipinski definition) is 1. The molecule has 0 unspecified atom stereocenters. The van der Waals surface area contributed by atoms with Crippen molar-refractivity contribution in [1.29, 1.82) is 0 Å². The maximum atomic E-state index is 12.9. The molecular weight excluding hydrogens is 488 g/mol. The second kappa shape index (κ2) is 12.2. The van der Waals surface area contributed by atoms with Gasteiger partial charge in [0.25, 0.3) is 5.91 Å². The number of nitrogens with one attached hydrogen (secondary N) is 1. The Bertz CT molecular complexity index is 1280. The lowest BCUT2D eigenvalue weighted by atomic mass is 10.1. The van der Waals surface area contributed by atoms with Gasteiger partial charge in [0.05, 0.1) is 12.4 Å². The topological polar surface area (TPSA) is 83.9 Å². The average Bonchev–Trinajstić information content (AvgIpc) is 3.26. The Balaban J connectivity index is 1.33. The summed E-state index contributed by atoms with van der Waals surface area (Å²) in [5.74, 6) is 0.311. The van der Waals surface area contributed by atoms with Gasteiger partial charge in [-0.15, -0.1) is 11.8 Å². The van der Waals surface area contributed by atoms with E-state index in [2.05, 4.69) is 28.2 Å². The van der Waals surface area contributed by atoms with Gasteiger partial charge in [-0.2, -0.15) is 0 Å². The van der Waals surface area contributed by atoms with Crippen molar-refractivity contribution in [3.05, 3.63) is 65.4 Å². The Hall–Kier alpha value is -3.46. The zero-order chi connectivity index (χ0) is 26.4. The predicted molar refractivity (Wildman–Crippen MR) is 146 cm³/mol. The number of thioether (sulfide) groups is 1. The van der Waals surface area contributed by atoms with Crippen LogP contribution in [0.4, 0.5) is 4.79 Å². The van der Waals surface area contributed by atoms with Crippen LogP contribution < -0.4 is 5.32 Å². The summed E-state index contributed by atoms with van der Waals surface area (Å²) in [6.07, 6.45) is 1.74. The predicted octanol–water partition coefficient (Wildman–Crippen LogP) is 4.08. The number of hydrogen-bond acceptors (Lipinski definition) is 5. The van der Waals surface area contributed by atoms with Crippen molar-refractivity contribution < 1.29 is 19.1 Å². The molecule has 3 aromatic rings. The number of amides is 3. The first-order chi connectivity index (χ1) is 17.9. The van der Waals surface area contributed by atoms with Crippen molar-refractivity contribution in [2.75, 3.05) is 45.1 Å². The first kappa shape index (κ1) is 26.6. The number of para-hydroxylation sites is 1. The molecule has 4 rings (SSSR count). The van der Waals surface area contributed by atoms with E-state index in [0.717, 1.165) is 26.9 Å². The van der Waals surface area contributed by atoms with E-state index < -0.39 is 0 Å². The fraction of sp³-hybridized carbons (Fsp3) is 0.393. The summed E-state index contributed by atoms with van der Waals surface area (Å²) in [5.41, 5.74) is 4.00. The van der Waals surface area contributed by atoms with Crippen LogP contribution in [0.3, 0.4) is 0 Å². The summed E-state index contributed by atoms with van der Waals surface area (Å²) in [7, 11) is 0. The zero-order valence-electron chi connectivity index (χ0n) is 21.7. The van der Waals surface area contributed by atoms with Crippen molar-refractivity contribution in [1.82, 2.24) is 19.7 Å². The van der Waals surface area contributed by atoms with E-state index >= 15 is 0 Å². The molecule has 1 N–H and O–H groups in total. The Labute approximate surface area is 221 Å². The molecule has 0 spiro atoms. The summed E-state index contributed by atoms with van der Waals surface area (Å²) in [6.45, 7) is 9.30. The molecule has 0 saturated carbocycles. The minimum Gasteiger partial charge on any atom is -0.450 e. The average molecular weight is 523 g/mol. The molecule has 196 valence electrons. The summed E-state index contributed by atoms with van der Waals surface area (Å²) < 4.78 is 7.18. The molecule has 1 aliphatic rings. The van der Waals surface area contributed by atoms with Crippen molar-refractivity contribution in [2.24, 2.45) is 0 Å². The third-order valence-electron chi connectivity index (χ3n) is 6.67. The van der Waals surface area contributed by atoms with Gasteiger partial charge < -0.3 is 24.4 Å². The van der Waals surface area contributed by atoms with E-state index in [1.165, 1.54) is 11.8 Å². The number of nitrogens with zero attached hydrogens (tertiary/aromatic N) is 3. The Kier molecular flexibility index (Phi) is 8.76. The third-order valence-corrected chi connectivity index (χ3v) is 7.70. The second-order valence-corrected chi connectivity index (χ2v) is 10.1. The number of rotatable bonds is 8. The molecule has 2 heterocycles. The highest BCUT2D eigenvalue weighted by Crippen LogP contribution is 2.30. The quantitative estimate of drug-likeness (QED) is 0.451. The molecule has 8 nitrogen and oxygen atoms in total. The maximum absolute atomic E-state index is 12.9. The van der Waals surface area contributed by atoms with E-state index in [-0.39, 0.29) is 17.9 Å². The lowest BCUT2D eigenvalue weighted by molar-refractivity contribution is -0.129. The largest absolute Gasteiger partial charge is 0.450 e. The standard InChI is InChI=1S/C28H34N4O4S/c1-4-36-28(35)31-15-13-30(14-16-31)26(33)19-37-25-18-32(24-8-6-5-7-23(24)25)12-11-29-27(34)22-10-9-20(2)21(3)17-22/h5-10,17-18H,4,11-16,19H2,1-3H3,(H,29,34). The van der Waals surface area contributed by atoms with Crippen molar-refractivity contribution in [2.45, 2.75) is 32.2 Å². The Morgan fingerprint density at radius 2 is 1.70 bits per heavy atom. The lowest BCUT2D eigenvalue weighted by Gasteiger charge is -2.34. The fourth-order valence-corrected chi connectivity index (χ4v) is 5.36.